The van der Waals surface area contributed by atoms with E-state index in [1.807, 2.05) is 42.6 Å². The molecule has 1 heterocycles. The van der Waals surface area contributed by atoms with Crippen LogP contribution in [-0.2, 0) is 12.8 Å². The van der Waals surface area contributed by atoms with Crippen LogP contribution in [0.25, 0.3) is 10.9 Å². The number of carbonyl (C=O) groups excluding carboxylic acids is 1. The van der Waals surface area contributed by atoms with Crippen molar-refractivity contribution in [3.05, 3.63) is 65.9 Å². The SMILES string of the molecule is Nc1ccc2c(ccn2C(=O)C2Cc3ccccc3C2)c1. The van der Waals surface area contributed by atoms with Gasteiger partial charge in [0.1, 0.15) is 0 Å². The van der Waals surface area contributed by atoms with Gasteiger partial charge in [0, 0.05) is 23.2 Å². The lowest BCUT2D eigenvalue weighted by molar-refractivity contribution is 0.0845. The van der Waals surface area contributed by atoms with Crippen LogP contribution in [0, 0.1) is 5.92 Å². The summed E-state index contributed by atoms with van der Waals surface area (Å²) >= 11 is 0. The van der Waals surface area contributed by atoms with Gasteiger partial charge in [0.25, 0.3) is 0 Å². The van der Waals surface area contributed by atoms with Gasteiger partial charge in [0.15, 0.2) is 0 Å². The van der Waals surface area contributed by atoms with E-state index in [9.17, 15) is 4.79 Å². The Balaban J connectivity index is 1.69. The van der Waals surface area contributed by atoms with E-state index in [4.69, 9.17) is 5.73 Å². The lowest BCUT2D eigenvalue weighted by Crippen LogP contribution is -2.21. The number of nitrogen functional groups attached to an aromatic ring is 1. The smallest absolute Gasteiger partial charge is 0.234 e. The van der Waals surface area contributed by atoms with E-state index in [1.54, 1.807) is 4.57 Å². The summed E-state index contributed by atoms with van der Waals surface area (Å²) < 4.78 is 1.77. The largest absolute Gasteiger partial charge is 0.399 e. The molecule has 0 radical (unpaired) electrons. The van der Waals surface area contributed by atoms with E-state index >= 15 is 0 Å². The molecule has 0 bridgehead atoms. The fourth-order valence-electron chi connectivity index (χ4n) is 3.28. The normalized spacial score (nSPS) is 14.5. The molecule has 2 N–H and O–H groups in total. The van der Waals surface area contributed by atoms with Crippen molar-refractivity contribution in [1.82, 2.24) is 4.57 Å². The summed E-state index contributed by atoms with van der Waals surface area (Å²) in [4.78, 5) is 12.8. The minimum Gasteiger partial charge on any atom is -0.399 e. The highest BCUT2D eigenvalue weighted by Crippen LogP contribution is 2.29. The lowest BCUT2D eigenvalue weighted by atomic mass is 10.1. The zero-order chi connectivity index (χ0) is 14.4. The van der Waals surface area contributed by atoms with Gasteiger partial charge in [0.2, 0.25) is 5.91 Å². The maximum absolute atomic E-state index is 12.8. The summed E-state index contributed by atoms with van der Waals surface area (Å²) in [5.41, 5.74) is 10.1. The minimum atomic E-state index is 0.0375. The second-order valence-electron chi connectivity index (χ2n) is 5.72. The van der Waals surface area contributed by atoms with Gasteiger partial charge in [-0.25, -0.2) is 0 Å². The van der Waals surface area contributed by atoms with Gasteiger partial charge in [-0.2, -0.15) is 0 Å². The Hall–Kier alpha value is -2.55. The first kappa shape index (κ1) is 12.2. The predicted octanol–water partition coefficient (Wildman–Crippen LogP) is 3.28. The molecule has 0 amide bonds. The molecule has 0 aliphatic heterocycles. The number of carbonyl (C=O) groups is 1. The predicted molar refractivity (Wildman–Crippen MR) is 84.3 cm³/mol. The molecule has 104 valence electrons. The van der Waals surface area contributed by atoms with Crippen LogP contribution in [0.15, 0.2) is 54.7 Å². The molecule has 0 fully saturated rings. The Kier molecular flexibility index (Phi) is 2.61. The number of hydrogen-bond acceptors (Lipinski definition) is 2. The van der Waals surface area contributed by atoms with Crippen LogP contribution >= 0.6 is 0 Å². The Morgan fingerprint density at radius 3 is 2.48 bits per heavy atom. The second kappa shape index (κ2) is 4.48. The highest BCUT2D eigenvalue weighted by Gasteiger charge is 2.28. The molecule has 0 saturated carbocycles. The molecule has 2 aromatic carbocycles. The Labute approximate surface area is 123 Å². The van der Waals surface area contributed by atoms with Crippen LogP contribution in [-0.4, -0.2) is 10.5 Å². The van der Waals surface area contributed by atoms with Gasteiger partial charge in [-0.3, -0.25) is 9.36 Å². The molecule has 1 aromatic heterocycles. The van der Waals surface area contributed by atoms with Crippen molar-refractivity contribution in [1.29, 1.82) is 0 Å². The van der Waals surface area contributed by atoms with Crippen LogP contribution in [0.1, 0.15) is 15.9 Å². The summed E-state index contributed by atoms with van der Waals surface area (Å²) in [6.45, 7) is 0. The van der Waals surface area contributed by atoms with Gasteiger partial charge >= 0.3 is 0 Å². The molecule has 4 rings (SSSR count). The first-order chi connectivity index (χ1) is 10.2. The van der Waals surface area contributed by atoms with E-state index < -0.39 is 0 Å². The van der Waals surface area contributed by atoms with Crippen molar-refractivity contribution in [3.63, 3.8) is 0 Å². The highest BCUT2D eigenvalue weighted by molar-refractivity contribution is 5.95. The molecular weight excluding hydrogens is 260 g/mol. The van der Waals surface area contributed by atoms with Crippen molar-refractivity contribution >= 4 is 22.5 Å². The highest BCUT2D eigenvalue weighted by atomic mass is 16.2. The molecule has 0 unspecified atom stereocenters. The quantitative estimate of drug-likeness (QED) is 0.693. The zero-order valence-electron chi connectivity index (χ0n) is 11.6. The molecule has 3 heteroatoms. The first-order valence-electron chi connectivity index (χ1n) is 7.20. The molecule has 0 saturated heterocycles. The number of anilines is 1. The van der Waals surface area contributed by atoms with Gasteiger partial charge in [-0.1, -0.05) is 24.3 Å². The van der Waals surface area contributed by atoms with E-state index in [0.29, 0.717) is 0 Å². The number of benzene rings is 2. The topological polar surface area (TPSA) is 48.0 Å². The fraction of sp³-hybridized carbons (Fsp3) is 0.167. The first-order valence-corrected chi connectivity index (χ1v) is 7.20. The fourth-order valence-corrected chi connectivity index (χ4v) is 3.28. The number of rotatable bonds is 1. The Morgan fingerprint density at radius 2 is 1.76 bits per heavy atom. The zero-order valence-corrected chi connectivity index (χ0v) is 11.6. The van der Waals surface area contributed by atoms with Gasteiger partial charge < -0.3 is 5.73 Å². The summed E-state index contributed by atoms with van der Waals surface area (Å²) in [6, 6.07) is 15.9. The maximum Gasteiger partial charge on any atom is 0.234 e. The molecule has 1 aliphatic rings. The van der Waals surface area contributed by atoms with Crippen LogP contribution in [0.2, 0.25) is 0 Å². The molecule has 0 atom stereocenters. The summed E-state index contributed by atoms with van der Waals surface area (Å²) in [7, 11) is 0. The van der Waals surface area contributed by atoms with E-state index in [-0.39, 0.29) is 11.8 Å². The lowest BCUT2D eigenvalue weighted by Gasteiger charge is -2.10. The number of aromatic nitrogens is 1. The summed E-state index contributed by atoms with van der Waals surface area (Å²) in [6.07, 6.45) is 3.53. The van der Waals surface area contributed by atoms with Crippen LogP contribution in [0.3, 0.4) is 0 Å². The summed E-state index contributed by atoms with van der Waals surface area (Å²) in [5, 5.41) is 1.01. The van der Waals surface area contributed by atoms with Gasteiger partial charge in [-0.05, 0) is 48.2 Å². The van der Waals surface area contributed by atoms with Crippen molar-refractivity contribution < 1.29 is 4.79 Å². The van der Waals surface area contributed by atoms with E-state index in [0.717, 1.165) is 29.4 Å². The third kappa shape index (κ3) is 1.93. The monoisotopic (exact) mass is 276 g/mol. The standard InChI is InChI=1S/C18H16N2O/c19-16-5-6-17-14(11-16)7-8-20(17)18(21)15-9-12-3-1-2-4-13(12)10-15/h1-8,11,15H,9-10,19H2. The number of fused-ring (bicyclic) bond motifs is 2. The third-order valence-corrected chi connectivity index (χ3v) is 4.35. The molecule has 3 aromatic rings. The van der Waals surface area contributed by atoms with Crippen molar-refractivity contribution in [2.45, 2.75) is 12.8 Å². The number of nitrogens with zero attached hydrogens (tertiary/aromatic N) is 1. The van der Waals surface area contributed by atoms with Gasteiger partial charge in [0.05, 0.1) is 5.52 Å². The molecule has 1 aliphatic carbocycles. The number of nitrogens with two attached hydrogens (primary N) is 1. The van der Waals surface area contributed by atoms with E-state index in [1.165, 1.54) is 11.1 Å². The Bertz CT molecular complexity index is 822. The molecule has 3 nitrogen and oxygen atoms in total. The maximum atomic E-state index is 12.8. The minimum absolute atomic E-state index is 0.0375. The van der Waals surface area contributed by atoms with Crippen LogP contribution in [0.5, 0.6) is 0 Å². The van der Waals surface area contributed by atoms with Crippen LogP contribution in [0.4, 0.5) is 5.69 Å². The van der Waals surface area contributed by atoms with Crippen molar-refractivity contribution in [2.24, 2.45) is 5.92 Å². The Morgan fingerprint density at radius 1 is 1.05 bits per heavy atom. The van der Waals surface area contributed by atoms with Crippen LogP contribution < -0.4 is 5.73 Å². The average Bonchev–Trinajstić information content (AvgIpc) is 3.09. The summed E-state index contributed by atoms with van der Waals surface area (Å²) in [5.74, 6) is 0.210. The molecular formula is C18H16N2O. The number of hydrogen-bond donors (Lipinski definition) is 1. The van der Waals surface area contributed by atoms with Crippen molar-refractivity contribution in [2.75, 3.05) is 5.73 Å². The van der Waals surface area contributed by atoms with Gasteiger partial charge in [-0.15, -0.1) is 0 Å². The molecule has 0 spiro atoms. The van der Waals surface area contributed by atoms with E-state index in [2.05, 4.69) is 12.1 Å². The second-order valence-corrected chi connectivity index (χ2v) is 5.72. The average molecular weight is 276 g/mol. The third-order valence-electron chi connectivity index (χ3n) is 4.35. The molecule has 21 heavy (non-hydrogen) atoms. The van der Waals surface area contributed by atoms with Crippen molar-refractivity contribution in [3.8, 4) is 0 Å².